The van der Waals surface area contributed by atoms with E-state index in [0.717, 1.165) is 4.90 Å². The van der Waals surface area contributed by atoms with Crippen LogP contribution in [-0.2, 0) is 14.4 Å². The van der Waals surface area contributed by atoms with Crippen LogP contribution >= 0.6 is 24.0 Å². The molecule has 13 heteroatoms. The average Bonchev–Trinajstić information content (AvgIpc) is 3.21. The van der Waals surface area contributed by atoms with Crippen molar-refractivity contribution in [1.82, 2.24) is 25.8 Å². The third-order valence-corrected chi connectivity index (χ3v) is 7.18. The summed E-state index contributed by atoms with van der Waals surface area (Å²) in [5.74, 6) is -2.03. The number of benzene rings is 1. The molecule has 3 aliphatic rings. The predicted molar refractivity (Wildman–Crippen MR) is 118 cm³/mol. The van der Waals surface area contributed by atoms with Crippen LogP contribution in [0, 0.1) is 0 Å². The summed E-state index contributed by atoms with van der Waals surface area (Å²) in [6, 6.07) is 6.59. The van der Waals surface area contributed by atoms with E-state index in [1.54, 1.807) is 37.3 Å². The number of thiocarbonyl (C=S) groups is 1. The molecule has 1 aromatic carbocycles. The molecule has 2 fully saturated rings. The van der Waals surface area contributed by atoms with Crippen molar-refractivity contribution < 1.29 is 53.8 Å². The molecule has 4 amide bonds. The number of hydrogen-bond donors (Lipinski definition) is 3. The first-order valence-electron chi connectivity index (χ1n) is 9.86. The molecule has 1 aromatic rings. The fraction of sp³-hybridized carbons (Fsp3) is 0.350. The average molecular weight is 498 g/mol. The zero-order valence-electron chi connectivity index (χ0n) is 18.0. The largest absolute Gasteiger partial charge is 1.00 e. The first-order valence-corrected chi connectivity index (χ1v) is 11.3. The van der Waals surface area contributed by atoms with Crippen LogP contribution in [0.3, 0.4) is 0 Å². The molecule has 33 heavy (non-hydrogen) atoms. The maximum absolute atomic E-state index is 13.2. The molecule has 3 heterocycles. The second kappa shape index (κ2) is 10.4. The fourth-order valence-corrected chi connectivity index (χ4v) is 5.40. The van der Waals surface area contributed by atoms with Crippen LogP contribution in [0.1, 0.15) is 18.5 Å². The van der Waals surface area contributed by atoms with E-state index >= 15 is 0 Å². The van der Waals surface area contributed by atoms with Crippen LogP contribution in [0.5, 0.6) is 0 Å². The minimum absolute atomic E-state index is 0. The Morgan fingerprint density at radius 2 is 1.97 bits per heavy atom. The molecule has 0 aliphatic carbocycles. The topological polar surface area (TPSA) is 134 Å². The van der Waals surface area contributed by atoms with E-state index in [-0.39, 0.29) is 46.4 Å². The Bertz CT molecular complexity index is 1040. The van der Waals surface area contributed by atoms with Gasteiger partial charge in [-0.2, -0.15) is 0 Å². The van der Waals surface area contributed by atoms with Crippen molar-refractivity contribution in [3.8, 4) is 0 Å². The van der Waals surface area contributed by atoms with Gasteiger partial charge in [0.05, 0.1) is 11.7 Å². The second-order valence-corrected chi connectivity index (χ2v) is 8.98. The van der Waals surface area contributed by atoms with Gasteiger partial charge in [0.1, 0.15) is 17.5 Å². The molecule has 10 nitrogen and oxygen atoms in total. The molecule has 2 unspecified atom stereocenters. The van der Waals surface area contributed by atoms with Crippen molar-refractivity contribution >= 4 is 52.9 Å². The van der Waals surface area contributed by atoms with Gasteiger partial charge in [-0.1, -0.05) is 30.3 Å². The summed E-state index contributed by atoms with van der Waals surface area (Å²) in [7, 11) is 0. The Hall–Kier alpha value is -2.12. The van der Waals surface area contributed by atoms with Crippen molar-refractivity contribution in [2.24, 2.45) is 0 Å². The number of nitrogens with zero attached hydrogens (tertiary/aromatic N) is 2. The number of rotatable bonds is 5. The number of aliphatic carboxylic acids is 1. The first-order chi connectivity index (χ1) is 15.3. The zero-order valence-corrected chi connectivity index (χ0v) is 21.6. The molecule has 0 saturated carbocycles. The summed E-state index contributed by atoms with van der Waals surface area (Å²) in [6.07, 6.45) is 0. The van der Waals surface area contributed by atoms with E-state index in [9.17, 15) is 24.3 Å². The van der Waals surface area contributed by atoms with Gasteiger partial charge in [-0.15, -0.1) is 11.8 Å². The van der Waals surface area contributed by atoms with E-state index in [4.69, 9.17) is 12.2 Å². The van der Waals surface area contributed by atoms with Gasteiger partial charge in [0.15, 0.2) is 5.11 Å². The second-order valence-electron chi connectivity index (χ2n) is 7.49. The van der Waals surface area contributed by atoms with Gasteiger partial charge in [-0.25, -0.2) is 4.79 Å². The number of amides is 4. The van der Waals surface area contributed by atoms with E-state index in [0.29, 0.717) is 30.0 Å². The van der Waals surface area contributed by atoms with Gasteiger partial charge in [0.2, 0.25) is 5.91 Å². The smallest absolute Gasteiger partial charge is 0.543 e. The maximum Gasteiger partial charge on any atom is 1.00 e. The molecule has 0 spiro atoms. The van der Waals surface area contributed by atoms with Crippen molar-refractivity contribution in [2.45, 2.75) is 24.4 Å². The van der Waals surface area contributed by atoms with E-state index in [1.165, 1.54) is 16.7 Å². The summed E-state index contributed by atoms with van der Waals surface area (Å²) in [4.78, 5) is 51.8. The summed E-state index contributed by atoms with van der Waals surface area (Å²) in [5.41, 5.74) is 1.00. The minimum Gasteiger partial charge on any atom is -0.543 e. The number of thioether (sulfide) groups is 1. The van der Waals surface area contributed by atoms with Crippen LogP contribution in [0.25, 0.3) is 0 Å². The van der Waals surface area contributed by atoms with Crippen LogP contribution in [0.15, 0.2) is 41.6 Å². The molecule has 4 rings (SSSR count). The van der Waals surface area contributed by atoms with Crippen LogP contribution in [0.4, 0.5) is 4.79 Å². The quantitative estimate of drug-likeness (QED) is 0.213. The number of fused-ring (bicyclic) bond motifs is 1. The standard InChI is InChI=1S/C20H21N5O5S2.Na/c1-10-9-32-17-13(16(27)25(17)14(10)18(28)29)22-15(26)12(11-5-3-2-4-6-11)23-20(31)24-8-7-21-19(24)30;/h2-6,12-13,17H,7-9H2,1H3,(H,21,30)(H,22,26)(H,23,31)(H,28,29);/q;+1/p-1/t12?,13?,17-;/m0./s1. The van der Waals surface area contributed by atoms with Crippen LogP contribution < -0.4 is 50.6 Å². The van der Waals surface area contributed by atoms with Crippen LogP contribution in [-0.4, -0.2) is 69.0 Å². The van der Waals surface area contributed by atoms with Gasteiger partial charge >= 0.3 is 35.6 Å². The Balaban J connectivity index is 0.00000306. The molecule has 2 saturated heterocycles. The number of carboxylic acid groups (broad SMARTS) is 1. The minimum atomic E-state index is -1.41. The zero-order chi connectivity index (χ0) is 23.0. The molecule has 0 bridgehead atoms. The number of β-lactam (4-membered cyclic amide) rings is 1. The summed E-state index contributed by atoms with van der Waals surface area (Å²) < 4.78 is 0. The predicted octanol–water partition coefficient (Wildman–Crippen LogP) is -3.94. The Morgan fingerprint density at radius 3 is 2.58 bits per heavy atom. The van der Waals surface area contributed by atoms with Gasteiger partial charge in [0.25, 0.3) is 5.91 Å². The summed E-state index contributed by atoms with van der Waals surface area (Å²) >= 11 is 6.70. The monoisotopic (exact) mass is 497 g/mol. The summed E-state index contributed by atoms with van der Waals surface area (Å²) in [5, 5.41) is 19.3. The van der Waals surface area contributed by atoms with Crippen molar-refractivity contribution in [1.29, 1.82) is 0 Å². The van der Waals surface area contributed by atoms with Gasteiger partial charge < -0.3 is 25.9 Å². The number of hydrogen-bond acceptors (Lipinski definition) is 7. The third kappa shape index (κ3) is 4.90. The molecule has 3 N–H and O–H groups in total. The SMILES string of the molecule is CC1=C(C(=O)[O-])N2C(=O)C(NC(=O)C(NC(=S)N3CCNC3=O)c3ccccc3)[C@@H]2SC1.[Na+]. The fourth-order valence-electron chi connectivity index (χ4n) is 3.81. The van der Waals surface area contributed by atoms with E-state index < -0.39 is 35.2 Å². The van der Waals surface area contributed by atoms with E-state index in [2.05, 4.69) is 16.0 Å². The number of nitrogens with one attached hydrogen (secondary N) is 3. The van der Waals surface area contributed by atoms with E-state index in [1.807, 2.05) is 0 Å². The molecular weight excluding hydrogens is 477 g/mol. The van der Waals surface area contributed by atoms with Crippen molar-refractivity contribution in [3.63, 3.8) is 0 Å². The molecule has 0 radical (unpaired) electrons. The normalized spacial score (nSPS) is 22.5. The van der Waals surface area contributed by atoms with Crippen molar-refractivity contribution in [3.05, 3.63) is 47.2 Å². The molecule has 3 aliphatic heterocycles. The van der Waals surface area contributed by atoms with Gasteiger partial charge in [0, 0.05) is 18.8 Å². The van der Waals surface area contributed by atoms with Gasteiger partial charge in [-0.3, -0.25) is 19.4 Å². The first kappa shape index (κ1) is 25.5. The van der Waals surface area contributed by atoms with Crippen LogP contribution in [0.2, 0.25) is 0 Å². The number of carbonyl (C=O) groups excluding carboxylic acids is 4. The maximum atomic E-state index is 13.2. The third-order valence-electron chi connectivity index (χ3n) is 5.41. The van der Waals surface area contributed by atoms with Crippen molar-refractivity contribution in [2.75, 3.05) is 18.8 Å². The summed E-state index contributed by atoms with van der Waals surface area (Å²) in [6.45, 7) is 2.46. The Kier molecular flexibility index (Phi) is 8.06. The molecule has 3 atom stereocenters. The number of carbonyl (C=O) groups is 4. The van der Waals surface area contributed by atoms with Gasteiger partial charge in [-0.05, 0) is 30.3 Å². The Morgan fingerprint density at radius 1 is 1.27 bits per heavy atom. The molecule has 0 aromatic heterocycles. The molecule has 168 valence electrons. The Labute approximate surface area is 221 Å². The molecular formula is C20H20N5NaO5S2. The number of carboxylic acids is 1. The number of urea groups is 1.